The molecule has 5 heteroatoms. The molecule has 1 aliphatic rings. The van der Waals surface area contributed by atoms with E-state index in [-0.39, 0.29) is 0 Å². The largest absolute Gasteiger partial charge is 0.354 e. The number of anilines is 1. The van der Waals surface area contributed by atoms with Crippen molar-refractivity contribution in [1.29, 1.82) is 0 Å². The third kappa shape index (κ3) is 1.74. The SMILES string of the molecule is Cc1nn(C)c2c(N3CCCC(C)C3)ncnc12. The average Bonchev–Trinajstić information content (AvgIpc) is 2.65. The van der Waals surface area contributed by atoms with Crippen LogP contribution < -0.4 is 4.90 Å². The van der Waals surface area contributed by atoms with Crippen molar-refractivity contribution in [3.05, 3.63) is 12.0 Å². The lowest BCUT2D eigenvalue weighted by molar-refractivity contribution is 0.445. The second kappa shape index (κ2) is 4.23. The molecule has 0 aliphatic carbocycles. The van der Waals surface area contributed by atoms with Crippen LogP contribution in [-0.4, -0.2) is 32.8 Å². The van der Waals surface area contributed by atoms with Crippen LogP contribution >= 0.6 is 0 Å². The van der Waals surface area contributed by atoms with Crippen LogP contribution in [-0.2, 0) is 7.05 Å². The predicted molar refractivity (Wildman–Crippen MR) is 71.7 cm³/mol. The minimum absolute atomic E-state index is 0.734. The normalized spacial score (nSPS) is 20.6. The molecule has 1 atom stereocenters. The number of hydrogen-bond acceptors (Lipinski definition) is 4. The molecule has 96 valence electrons. The van der Waals surface area contributed by atoms with Crippen LogP contribution in [0, 0.1) is 12.8 Å². The van der Waals surface area contributed by atoms with Crippen molar-refractivity contribution in [3.63, 3.8) is 0 Å². The van der Waals surface area contributed by atoms with E-state index < -0.39 is 0 Å². The molecular weight excluding hydrogens is 226 g/mol. The quantitative estimate of drug-likeness (QED) is 0.770. The Hall–Kier alpha value is -1.65. The Morgan fingerprint density at radius 3 is 2.94 bits per heavy atom. The minimum Gasteiger partial charge on any atom is -0.354 e. The van der Waals surface area contributed by atoms with E-state index in [0.29, 0.717) is 0 Å². The van der Waals surface area contributed by atoms with Crippen molar-refractivity contribution in [2.24, 2.45) is 13.0 Å². The topological polar surface area (TPSA) is 46.8 Å². The molecule has 0 spiro atoms. The summed E-state index contributed by atoms with van der Waals surface area (Å²) in [7, 11) is 1.97. The summed E-state index contributed by atoms with van der Waals surface area (Å²) >= 11 is 0. The molecule has 5 nitrogen and oxygen atoms in total. The molecule has 0 radical (unpaired) electrons. The third-order valence-corrected chi connectivity index (χ3v) is 3.73. The summed E-state index contributed by atoms with van der Waals surface area (Å²) < 4.78 is 1.90. The van der Waals surface area contributed by atoms with Gasteiger partial charge in [-0.05, 0) is 25.7 Å². The monoisotopic (exact) mass is 245 g/mol. The summed E-state index contributed by atoms with van der Waals surface area (Å²) in [4.78, 5) is 11.2. The Morgan fingerprint density at radius 2 is 2.17 bits per heavy atom. The van der Waals surface area contributed by atoms with Gasteiger partial charge < -0.3 is 4.90 Å². The first-order chi connectivity index (χ1) is 8.66. The summed E-state index contributed by atoms with van der Waals surface area (Å²) in [5.74, 6) is 1.77. The second-order valence-corrected chi connectivity index (χ2v) is 5.30. The Morgan fingerprint density at radius 1 is 1.33 bits per heavy atom. The zero-order valence-corrected chi connectivity index (χ0v) is 11.2. The van der Waals surface area contributed by atoms with E-state index in [4.69, 9.17) is 0 Å². The molecule has 3 rings (SSSR count). The van der Waals surface area contributed by atoms with Crippen molar-refractivity contribution >= 4 is 16.9 Å². The van der Waals surface area contributed by atoms with Crippen molar-refractivity contribution in [1.82, 2.24) is 19.7 Å². The van der Waals surface area contributed by atoms with Gasteiger partial charge in [-0.1, -0.05) is 6.92 Å². The molecule has 0 amide bonds. The average molecular weight is 245 g/mol. The Balaban J connectivity index is 2.11. The third-order valence-electron chi connectivity index (χ3n) is 3.73. The number of rotatable bonds is 1. The summed E-state index contributed by atoms with van der Waals surface area (Å²) in [6.45, 7) is 6.47. The van der Waals surface area contributed by atoms with E-state index in [9.17, 15) is 0 Å². The van der Waals surface area contributed by atoms with Gasteiger partial charge in [-0.25, -0.2) is 9.97 Å². The molecule has 2 aromatic rings. The molecule has 0 bridgehead atoms. The van der Waals surface area contributed by atoms with E-state index in [1.54, 1.807) is 6.33 Å². The maximum Gasteiger partial charge on any atom is 0.158 e. The van der Waals surface area contributed by atoms with E-state index in [1.807, 2.05) is 18.7 Å². The molecule has 1 aliphatic heterocycles. The molecule has 1 unspecified atom stereocenters. The highest BCUT2D eigenvalue weighted by atomic mass is 15.3. The van der Waals surface area contributed by atoms with Crippen molar-refractivity contribution in [2.75, 3.05) is 18.0 Å². The fourth-order valence-corrected chi connectivity index (χ4v) is 2.87. The number of piperidine rings is 1. The summed E-state index contributed by atoms with van der Waals surface area (Å²) in [6, 6.07) is 0. The van der Waals surface area contributed by atoms with E-state index in [2.05, 4.69) is 26.9 Å². The first kappa shape index (κ1) is 11.4. The first-order valence-corrected chi connectivity index (χ1v) is 6.56. The predicted octanol–water partition coefficient (Wildman–Crippen LogP) is 1.91. The van der Waals surface area contributed by atoms with Crippen molar-refractivity contribution in [3.8, 4) is 0 Å². The number of nitrogens with zero attached hydrogens (tertiary/aromatic N) is 5. The Bertz CT molecular complexity index is 574. The molecule has 1 saturated heterocycles. The fraction of sp³-hybridized carbons (Fsp3) is 0.615. The van der Waals surface area contributed by atoms with Crippen molar-refractivity contribution in [2.45, 2.75) is 26.7 Å². The van der Waals surface area contributed by atoms with Gasteiger partial charge in [-0.15, -0.1) is 0 Å². The second-order valence-electron chi connectivity index (χ2n) is 5.30. The smallest absolute Gasteiger partial charge is 0.158 e. The van der Waals surface area contributed by atoms with Crippen LogP contribution in [0.4, 0.5) is 5.82 Å². The van der Waals surface area contributed by atoms with Crippen molar-refractivity contribution < 1.29 is 0 Å². The van der Waals surface area contributed by atoms with Gasteiger partial charge in [-0.2, -0.15) is 5.10 Å². The van der Waals surface area contributed by atoms with Gasteiger partial charge in [0, 0.05) is 20.1 Å². The van der Waals surface area contributed by atoms with E-state index >= 15 is 0 Å². The molecule has 0 aromatic carbocycles. The van der Waals surface area contributed by atoms with Gasteiger partial charge in [0.1, 0.15) is 17.4 Å². The van der Waals surface area contributed by atoms with Gasteiger partial charge in [0.25, 0.3) is 0 Å². The minimum atomic E-state index is 0.734. The van der Waals surface area contributed by atoms with Crippen LogP contribution in [0.5, 0.6) is 0 Å². The maximum atomic E-state index is 4.49. The first-order valence-electron chi connectivity index (χ1n) is 6.56. The van der Waals surface area contributed by atoms with Gasteiger partial charge >= 0.3 is 0 Å². The van der Waals surface area contributed by atoms with Gasteiger partial charge in [0.15, 0.2) is 5.82 Å². The lowest BCUT2D eigenvalue weighted by Crippen LogP contribution is -2.35. The zero-order valence-electron chi connectivity index (χ0n) is 11.2. The molecule has 0 N–H and O–H groups in total. The molecule has 0 saturated carbocycles. The Labute approximate surface area is 107 Å². The number of fused-ring (bicyclic) bond motifs is 1. The van der Waals surface area contributed by atoms with Crippen LogP contribution in [0.3, 0.4) is 0 Å². The van der Waals surface area contributed by atoms with Gasteiger partial charge in [0.2, 0.25) is 0 Å². The van der Waals surface area contributed by atoms with Gasteiger partial charge in [0.05, 0.1) is 5.69 Å². The number of hydrogen-bond donors (Lipinski definition) is 0. The summed E-state index contributed by atoms with van der Waals surface area (Å²) in [5.41, 5.74) is 3.01. The fourth-order valence-electron chi connectivity index (χ4n) is 2.87. The highest BCUT2D eigenvalue weighted by molar-refractivity contribution is 5.87. The van der Waals surface area contributed by atoms with Crippen LogP contribution in [0.15, 0.2) is 6.33 Å². The number of aryl methyl sites for hydroxylation is 2. The summed E-state index contributed by atoms with van der Waals surface area (Å²) in [5, 5.41) is 4.45. The lowest BCUT2D eigenvalue weighted by atomic mass is 10.0. The number of aromatic nitrogens is 4. The van der Waals surface area contributed by atoms with E-state index in [0.717, 1.165) is 41.6 Å². The maximum absolute atomic E-state index is 4.49. The highest BCUT2D eigenvalue weighted by Crippen LogP contribution is 2.27. The molecular formula is C13H19N5. The summed E-state index contributed by atoms with van der Waals surface area (Å²) in [6.07, 6.45) is 4.21. The highest BCUT2D eigenvalue weighted by Gasteiger charge is 2.21. The molecule has 3 heterocycles. The Kier molecular flexibility index (Phi) is 2.69. The van der Waals surface area contributed by atoms with Crippen LogP contribution in [0.25, 0.3) is 11.0 Å². The molecule has 1 fully saturated rings. The standard InChI is InChI=1S/C13H19N5/c1-9-5-4-6-18(7-9)13-12-11(14-8-15-13)10(2)16-17(12)3/h8-9H,4-7H2,1-3H3. The van der Waals surface area contributed by atoms with Crippen LogP contribution in [0.2, 0.25) is 0 Å². The molecule has 18 heavy (non-hydrogen) atoms. The zero-order chi connectivity index (χ0) is 12.7. The van der Waals surface area contributed by atoms with Crippen LogP contribution in [0.1, 0.15) is 25.5 Å². The van der Waals surface area contributed by atoms with E-state index in [1.165, 1.54) is 12.8 Å². The van der Waals surface area contributed by atoms with Gasteiger partial charge in [-0.3, -0.25) is 4.68 Å². The molecule has 2 aromatic heterocycles. The lowest BCUT2D eigenvalue weighted by Gasteiger charge is -2.32.